The predicted molar refractivity (Wildman–Crippen MR) is 91.1 cm³/mol. The molecule has 0 aliphatic heterocycles. The third-order valence-electron chi connectivity index (χ3n) is 3.80. The number of nitrogens with zero attached hydrogens (tertiary/aromatic N) is 2. The summed E-state index contributed by atoms with van der Waals surface area (Å²) in [5.74, 6) is 0.366. The molecule has 0 bridgehead atoms. The van der Waals surface area contributed by atoms with E-state index in [-0.39, 0.29) is 0 Å². The fraction of sp³-hybridized carbons (Fsp3) is 0.278. The molecule has 1 aromatic heterocycles. The summed E-state index contributed by atoms with van der Waals surface area (Å²) in [6.45, 7) is 1.06. The van der Waals surface area contributed by atoms with Gasteiger partial charge in [0.15, 0.2) is 0 Å². The minimum absolute atomic E-state index is 0.366. The van der Waals surface area contributed by atoms with Gasteiger partial charge in [-0.3, -0.25) is 0 Å². The number of aromatic nitrogens is 1. The quantitative estimate of drug-likeness (QED) is 0.694. The summed E-state index contributed by atoms with van der Waals surface area (Å²) in [7, 11) is 4.25. The van der Waals surface area contributed by atoms with Crippen molar-refractivity contribution in [2.45, 2.75) is 12.3 Å². The van der Waals surface area contributed by atoms with Gasteiger partial charge in [0.2, 0.25) is 0 Å². The second-order valence-electron chi connectivity index (χ2n) is 5.62. The maximum Gasteiger partial charge on any atom is 0.0695 e. The SMILES string of the molecule is CN(C)CCC(c1ccccc1)c1nsc2ccccc12. The summed E-state index contributed by atoms with van der Waals surface area (Å²) in [5.41, 5.74) is 2.58. The van der Waals surface area contributed by atoms with Crippen LogP contribution < -0.4 is 0 Å². The van der Waals surface area contributed by atoms with Gasteiger partial charge in [0.25, 0.3) is 0 Å². The first-order chi connectivity index (χ1) is 10.3. The Morgan fingerprint density at radius 2 is 1.71 bits per heavy atom. The Morgan fingerprint density at radius 1 is 1.00 bits per heavy atom. The minimum Gasteiger partial charge on any atom is -0.309 e. The number of hydrogen-bond acceptors (Lipinski definition) is 3. The Kier molecular flexibility index (Phi) is 4.32. The van der Waals surface area contributed by atoms with Gasteiger partial charge < -0.3 is 4.90 Å². The molecule has 1 heterocycles. The van der Waals surface area contributed by atoms with Crippen molar-refractivity contribution in [2.24, 2.45) is 0 Å². The standard InChI is InChI=1S/C18H20N2S/c1-20(2)13-12-15(14-8-4-3-5-9-14)18-16-10-6-7-11-17(16)21-19-18/h3-11,15H,12-13H2,1-2H3. The molecule has 2 aromatic carbocycles. The van der Waals surface area contributed by atoms with Crippen LogP contribution in [0.25, 0.3) is 10.1 Å². The van der Waals surface area contributed by atoms with Gasteiger partial charge in [-0.05, 0) is 50.2 Å². The molecule has 0 saturated carbocycles. The molecule has 0 saturated heterocycles. The van der Waals surface area contributed by atoms with Gasteiger partial charge in [-0.1, -0.05) is 48.5 Å². The summed E-state index contributed by atoms with van der Waals surface area (Å²) < 4.78 is 6.05. The zero-order valence-corrected chi connectivity index (χ0v) is 13.3. The predicted octanol–water partition coefficient (Wildman–Crippen LogP) is 4.38. The molecule has 3 aromatic rings. The van der Waals surface area contributed by atoms with Crippen molar-refractivity contribution in [1.29, 1.82) is 0 Å². The Hall–Kier alpha value is -1.71. The first kappa shape index (κ1) is 14.2. The van der Waals surface area contributed by atoms with Gasteiger partial charge in [0, 0.05) is 11.3 Å². The molecule has 1 atom stereocenters. The van der Waals surface area contributed by atoms with Crippen molar-refractivity contribution in [3.05, 3.63) is 65.9 Å². The highest BCUT2D eigenvalue weighted by Crippen LogP contribution is 2.34. The van der Waals surface area contributed by atoms with E-state index >= 15 is 0 Å². The van der Waals surface area contributed by atoms with E-state index in [1.165, 1.54) is 21.3 Å². The van der Waals surface area contributed by atoms with Crippen LogP contribution in [-0.2, 0) is 0 Å². The minimum atomic E-state index is 0.366. The zero-order chi connectivity index (χ0) is 14.7. The molecule has 0 aliphatic rings. The summed E-state index contributed by atoms with van der Waals surface area (Å²) in [6.07, 6.45) is 1.09. The van der Waals surface area contributed by atoms with Crippen LogP contribution in [0.5, 0.6) is 0 Å². The summed E-state index contributed by atoms with van der Waals surface area (Å²) in [5, 5.41) is 1.30. The zero-order valence-electron chi connectivity index (χ0n) is 12.5. The Morgan fingerprint density at radius 3 is 2.48 bits per heavy atom. The molecule has 0 amide bonds. The Bertz CT molecular complexity index is 703. The van der Waals surface area contributed by atoms with E-state index in [2.05, 4.69) is 73.6 Å². The lowest BCUT2D eigenvalue weighted by Gasteiger charge is -2.18. The van der Waals surface area contributed by atoms with Crippen molar-refractivity contribution in [2.75, 3.05) is 20.6 Å². The maximum absolute atomic E-state index is 4.77. The van der Waals surface area contributed by atoms with Crippen LogP contribution in [0.1, 0.15) is 23.6 Å². The number of fused-ring (bicyclic) bond motifs is 1. The van der Waals surface area contributed by atoms with E-state index in [1.807, 2.05) is 0 Å². The smallest absolute Gasteiger partial charge is 0.0695 e. The Labute approximate surface area is 130 Å². The van der Waals surface area contributed by atoms with Crippen molar-refractivity contribution < 1.29 is 0 Å². The average molecular weight is 296 g/mol. The molecule has 108 valence electrons. The van der Waals surface area contributed by atoms with E-state index in [0.717, 1.165) is 13.0 Å². The molecule has 2 nitrogen and oxygen atoms in total. The van der Waals surface area contributed by atoms with Crippen LogP contribution in [0.15, 0.2) is 54.6 Å². The summed E-state index contributed by atoms with van der Waals surface area (Å²) >= 11 is 1.61. The second kappa shape index (κ2) is 6.37. The molecule has 3 heteroatoms. The van der Waals surface area contributed by atoms with Crippen LogP contribution in [-0.4, -0.2) is 29.9 Å². The van der Waals surface area contributed by atoms with Gasteiger partial charge in [0.1, 0.15) is 0 Å². The molecular weight excluding hydrogens is 276 g/mol. The lowest BCUT2D eigenvalue weighted by molar-refractivity contribution is 0.390. The van der Waals surface area contributed by atoms with E-state index in [9.17, 15) is 0 Å². The normalized spacial score (nSPS) is 12.9. The van der Waals surface area contributed by atoms with Crippen molar-refractivity contribution >= 4 is 21.6 Å². The van der Waals surface area contributed by atoms with Gasteiger partial charge in [-0.25, -0.2) is 0 Å². The molecule has 0 fully saturated rings. The average Bonchev–Trinajstić information content (AvgIpc) is 2.93. The van der Waals surface area contributed by atoms with Gasteiger partial charge in [0.05, 0.1) is 10.4 Å². The van der Waals surface area contributed by atoms with E-state index in [0.29, 0.717) is 5.92 Å². The third-order valence-corrected chi connectivity index (χ3v) is 4.64. The summed E-state index contributed by atoms with van der Waals surface area (Å²) in [4.78, 5) is 2.24. The van der Waals surface area contributed by atoms with Crippen molar-refractivity contribution in [1.82, 2.24) is 9.27 Å². The molecule has 0 N–H and O–H groups in total. The van der Waals surface area contributed by atoms with Crippen LogP contribution in [0, 0.1) is 0 Å². The maximum atomic E-state index is 4.77. The van der Waals surface area contributed by atoms with Crippen molar-refractivity contribution in [3.8, 4) is 0 Å². The van der Waals surface area contributed by atoms with Gasteiger partial charge in [-0.2, -0.15) is 4.37 Å². The number of benzene rings is 2. The molecule has 0 spiro atoms. The molecule has 21 heavy (non-hydrogen) atoms. The summed E-state index contributed by atoms with van der Waals surface area (Å²) in [6, 6.07) is 19.3. The monoisotopic (exact) mass is 296 g/mol. The highest BCUT2D eigenvalue weighted by molar-refractivity contribution is 7.13. The van der Waals surface area contributed by atoms with E-state index < -0.39 is 0 Å². The lowest BCUT2D eigenvalue weighted by Crippen LogP contribution is -2.16. The number of rotatable bonds is 5. The van der Waals surface area contributed by atoms with Crippen LogP contribution in [0.2, 0.25) is 0 Å². The molecular formula is C18H20N2S. The van der Waals surface area contributed by atoms with Crippen LogP contribution in [0.3, 0.4) is 0 Å². The molecule has 0 radical (unpaired) electrons. The fourth-order valence-electron chi connectivity index (χ4n) is 2.69. The highest BCUT2D eigenvalue weighted by Gasteiger charge is 2.19. The Balaban J connectivity index is 2.02. The topological polar surface area (TPSA) is 16.1 Å². The van der Waals surface area contributed by atoms with Crippen LogP contribution in [0.4, 0.5) is 0 Å². The first-order valence-electron chi connectivity index (χ1n) is 7.29. The fourth-order valence-corrected chi connectivity index (χ4v) is 3.52. The van der Waals surface area contributed by atoms with Gasteiger partial charge >= 0.3 is 0 Å². The largest absolute Gasteiger partial charge is 0.309 e. The third kappa shape index (κ3) is 3.14. The van der Waals surface area contributed by atoms with E-state index in [1.54, 1.807) is 11.5 Å². The lowest BCUT2D eigenvalue weighted by atomic mass is 9.90. The molecule has 3 rings (SSSR count). The molecule has 1 unspecified atom stereocenters. The molecule has 0 aliphatic carbocycles. The van der Waals surface area contributed by atoms with E-state index in [4.69, 9.17) is 4.37 Å². The van der Waals surface area contributed by atoms with Crippen LogP contribution >= 0.6 is 11.5 Å². The highest BCUT2D eigenvalue weighted by atomic mass is 32.1. The van der Waals surface area contributed by atoms with Crippen molar-refractivity contribution in [3.63, 3.8) is 0 Å². The first-order valence-corrected chi connectivity index (χ1v) is 8.07. The van der Waals surface area contributed by atoms with Gasteiger partial charge in [-0.15, -0.1) is 0 Å². The second-order valence-corrected chi connectivity index (χ2v) is 6.42. The number of hydrogen-bond donors (Lipinski definition) is 0.